The van der Waals surface area contributed by atoms with E-state index < -0.39 is 11.9 Å². The standard InChI is InChI=1S/C22H19BrN4O4.C8H6/c1-2-30-17(28)11-24-22(29)19-20(31-12-14-7-4-3-5-8-14)15-9-6-10-16(23)18(15)21-25-13-26-27(19)21;1-2-8-6-4-3-5-7-8/h3-10,13H,2,11-12H2,1H3,(H,24,29);1,3-7H. The van der Waals surface area contributed by atoms with Crippen LogP contribution in [0.4, 0.5) is 0 Å². The SMILES string of the molecule is C#Cc1ccccc1.CCOC(=O)CNC(=O)c1c(OCc2ccccc2)c2cccc(Br)c2c2ncnn12. The lowest BCUT2D eigenvalue weighted by Gasteiger charge is -2.16. The first kappa shape index (κ1) is 27.4. The highest BCUT2D eigenvalue weighted by molar-refractivity contribution is 9.10. The zero-order valence-corrected chi connectivity index (χ0v) is 22.7. The number of nitrogens with one attached hydrogen (secondary N) is 1. The number of hydrogen-bond donors (Lipinski definition) is 1. The van der Waals surface area contributed by atoms with Crippen molar-refractivity contribution in [2.75, 3.05) is 13.2 Å². The van der Waals surface area contributed by atoms with Crippen molar-refractivity contribution in [3.05, 3.63) is 106 Å². The van der Waals surface area contributed by atoms with Crippen LogP contribution in [0.2, 0.25) is 0 Å². The van der Waals surface area contributed by atoms with Gasteiger partial charge in [-0.1, -0.05) is 82.5 Å². The first-order valence-electron chi connectivity index (χ1n) is 12.1. The van der Waals surface area contributed by atoms with Gasteiger partial charge in [-0.2, -0.15) is 5.10 Å². The van der Waals surface area contributed by atoms with E-state index in [1.54, 1.807) is 6.92 Å². The van der Waals surface area contributed by atoms with E-state index >= 15 is 0 Å². The summed E-state index contributed by atoms with van der Waals surface area (Å²) < 4.78 is 13.3. The third-order valence-electron chi connectivity index (χ3n) is 5.54. The van der Waals surface area contributed by atoms with Crippen molar-refractivity contribution in [1.29, 1.82) is 0 Å². The maximum absolute atomic E-state index is 13.1. The minimum absolute atomic E-state index is 0.151. The molecule has 0 fully saturated rings. The molecule has 1 N–H and O–H groups in total. The molecule has 0 atom stereocenters. The summed E-state index contributed by atoms with van der Waals surface area (Å²) in [6.45, 7) is 1.92. The number of carbonyl (C=O) groups is 2. The minimum Gasteiger partial charge on any atom is -0.486 e. The largest absolute Gasteiger partial charge is 0.486 e. The lowest BCUT2D eigenvalue weighted by molar-refractivity contribution is -0.141. The lowest BCUT2D eigenvalue weighted by atomic mass is 10.1. The van der Waals surface area contributed by atoms with Crippen molar-refractivity contribution in [1.82, 2.24) is 19.9 Å². The summed E-state index contributed by atoms with van der Waals surface area (Å²) in [5.74, 6) is 1.83. The molecule has 3 aromatic carbocycles. The van der Waals surface area contributed by atoms with Crippen molar-refractivity contribution >= 4 is 44.2 Å². The number of terminal acetylenes is 1. The van der Waals surface area contributed by atoms with Crippen LogP contribution in [0.3, 0.4) is 0 Å². The molecule has 0 aliphatic carbocycles. The van der Waals surface area contributed by atoms with E-state index in [0.29, 0.717) is 16.8 Å². The fourth-order valence-corrected chi connectivity index (χ4v) is 4.34. The van der Waals surface area contributed by atoms with Crippen LogP contribution >= 0.6 is 15.9 Å². The molecule has 2 aromatic heterocycles. The third kappa shape index (κ3) is 6.61. The Kier molecular flexibility index (Phi) is 9.27. The Labute approximate surface area is 234 Å². The molecule has 2 heterocycles. The van der Waals surface area contributed by atoms with Crippen molar-refractivity contribution in [3.8, 4) is 18.1 Å². The molecule has 0 aliphatic rings. The summed E-state index contributed by atoms with van der Waals surface area (Å²) in [6.07, 6.45) is 6.47. The maximum atomic E-state index is 13.1. The molecule has 0 spiro atoms. The molecule has 5 aromatic rings. The molecule has 5 rings (SSSR count). The highest BCUT2D eigenvalue weighted by Gasteiger charge is 2.24. The first-order chi connectivity index (χ1) is 19.0. The number of pyridine rings is 1. The third-order valence-corrected chi connectivity index (χ3v) is 6.20. The molecule has 0 aliphatic heterocycles. The predicted molar refractivity (Wildman–Crippen MR) is 152 cm³/mol. The number of carbonyl (C=O) groups excluding carboxylic acids is 2. The number of amides is 1. The van der Waals surface area contributed by atoms with Gasteiger partial charge in [0.2, 0.25) is 0 Å². The lowest BCUT2D eigenvalue weighted by Crippen LogP contribution is -2.32. The van der Waals surface area contributed by atoms with Gasteiger partial charge in [-0.3, -0.25) is 9.59 Å². The normalized spacial score (nSPS) is 10.3. The molecular formula is C30H25BrN4O4. The Morgan fingerprint density at radius 3 is 2.41 bits per heavy atom. The number of fused-ring (bicyclic) bond motifs is 3. The van der Waals surface area contributed by atoms with Gasteiger partial charge in [0.15, 0.2) is 17.1 Å². The second kappa shape index (κ2) is 13.2. The molecule has 39 heavy (non-hydrogen) atoms. The maximum Gasteiger partial charge on any atom is 0.325 e. The number of aromatic nitrogens is 3. The average Bonchev–Trinajstić information content (AvgIpc) is 3.45. The summed E-state index contributed by atoms with van der Waals surface area (Å²) in [5.41, 5.74) is 2.53. The molecule has 1 amide bonds. The summed E-state index contributed by atoms with van der Waals surface area (Å²) in [4.78, 5) is 29.2. The van der Waals surface area contributed by atoms with Crippen molar-refractivity contribution < 1.29 is 19.1 Å². The zero-order valence-electron chi connectivity index (χ0n) is 21.1. The first-order valence-corrected chi connectivity index (χ1v) is 12.9. The van der Waals surface area contributed by atoms with Gasteiger partial charge in [0.1, 0.15) is 19.5 Å². The molecule has 196 valence electrons. The van der Waals surface area contributed by atoms with Crippen molar-refractivity contribution in [2.24, 2.45) is 0 Å². The average molecular weight is 585 g/mol. The molecule has 8 nitrogen and oxygen atoms in total. The van der Waals surface area contributed by atoms with Gasteiger partial charge in [0.25, 0.3) is 5.91 Å². The molecule has 9 heteroatoms. The van der Waals surface area contributed by atoms with E-state index in [9.17, 15) is 9.59 Å². The second-order valence-electron chi connectivity index (χ2n) is 8.11. The number of ether oxygens (including phenoxy) is 2. The van der Waals surface area contributed by atoms with E-state index in [-0.39, 0.29) is 25.5 Å². The summed E-state index contributed by atoms with van der Waals surface area (Å²) in [6, 6.07) is 24.8. The number of esters is 1. The van der Waals surface area contributed by atoms with Gasteiger partial charge < -0.3 is 14.8 Å². The van der Waals surface area contributed by atoms with Gasteiger partial charge in [-0.15, -0.1) is 6.42 Å². The summed E-state index contributed by atoms with van der Waals surface area (Å²) in [5, 5.41) is 8.30. The van der Waals surface area contributed by atoms with Gasteiger partial charge in [-0.25, -0.2) is 9.50 Å². The number of benzene rings is 3. The van der Waals surface area contributed by atoms with Gasteiger partial charge in [0, 0.05) is 20.8 Å². The van der Waals surface area contributed by atoms with Crippen LogP contribution in [0.1, 0.15) is 28.5 Å². The Hall–Kier alpha value is -4.68. The van der Waals surface area contributed by atoms with E-state index in [1.807, 2.05) is 78.9 Å². The van der Waals surface area contributed by atoms with Gasteiger partial charge >= 0.3 is 5.97 Å². The van der Waals surface area contributed by atoms with Crippen molar-refractivity contribution in [2.45, 2.75) is 13.5 Å². The molecule has 0 saturated heterocycles. The number of halogens is 1. The van der Waals surface area contributed by atoms with Crippen LogP contribution in [0, 0.1) is 12.3 Å². The molecule has 0 radical (unpaired) electrons. The van der Waals surface area contributed by atoms with E-state index in [4.69, 9.17) is 15.9 Å². The highest BCUT2D eigenvalue weighted by Crippen LogP contribution is 2.36. The van der Waals surface area contributed by atoms with Crippen LogP contribution in [0.15, 0.2) is 89.7 Å². The summed E-state index contributed by atoms with van der Waals surface area (Å²) >= 11 is 3.56. The van der Waals surface area contributed by atoms with Crippen LogP contribution in [0.25, 0.3) is 16.4 Å². The van der Waals surface area contributed by atoms with E-state index in [0.717, 1.165) is 21.0 Å². The quantitative estimate of drug-likeness (QED) is 0.209. The van der Waals surface area contributed by atoms with Crippen LogP contribution in [-0.4, -0.2) is 39.6 Å². The van der Waals surface area contributed by atoms with Gasteiger partial charge in [0.05, 0.1) is 6.61 Å². The van der Waals surface area contributed by atoms with Crippen LogP contribution < -0.4 is 10.1 Å². The molecular weight excluding hydrogens is 560 g/mol. The van der Waals surface area contributed by atoms with Crippen LogP contribution in [-0.2, 0) is 16.1 Å². The van der Waals surface area contributed by atoms with Crippen molar-refractivity contribution in [3.63, 3.8) is 0 Å². The Morgan fingerprint density at radius 1 is 1.03 bits per heavy atom. The molecule has 0 saturated carbocycles. The van der Waals surface area contributed by atoms with E-state index in [1.165, 1.54) is 10.8 Å². The highest BCUT2D eigenvalue weighted by atomic mass is 79.9. The fraction of sp³-hybridized carbons (Fsp3) is 0.133. The molecule has 0 bridgehead atoms. The van der Waals surface area contributed by atoms with E-state index in [2.05, 4.69) is 37.2 Å². The topological polar surface area (TPSA) is 94.8 Å². The number of nitrogens with zero attached hydrogens (tertiary/aromatic N) is 3. The monoisotopic (exact) mass is 584 g/mol. The Morgan fingerprint density at radius 2 is 1.74 bits per heavy atom. The summed E-state index contributed by atoms with van der Waals surface area (Å²) in [7, 11) is 0. The predicted octanol–water partition coefficient (Wildman–Crippen LogP) is 5.18. The molecule has 0 unspecified atom stereocenters. The Balaban J connectivity index is 0.000000379. The second-order valence-corrected chi connectivity index (χ2v) is 8.96. The number of rotatable bonds is 7. The minimum atomic E-state index is -0.527. The van der Waals surface area contributed by atoms with Crippen LogP contribution in [0.5, 0.6) is 5.75 Å². The van der Waals surface area contributed by atoms with Gasteiger partial charge in [-0.05, 0) is 30.7 Å². The zero-order chi connectivity index (χ0) is 27.6. The number of hydrogen-bond acceptors (Lipinski definition) is 6. The smallest absolute Gasteiger partial charge is 0.325 e. The fourth-order valence-electron chi connectivity index (χ4n) is 3.80. The Bertz CT molecular complexity index is 1630.